The van der Waals surface area contributed by atoms with Crippen LogP contribution in [0, 0.1) is 0 Å². The van der Waals surface area contributed by atoms with Gasteiger partial charge in [0, 0.05) is 37.9 Å². The fourth-order valence-electron chi connectivity index (χ4n) is 5.15. The molecule has 0 aromatic heterocycles. The van der Waals surface area contributed by atoms with Gasteiger partial charge in [0.25, 0.3) is 0 Å². The van der Waals surface area contributed by atoms with E-state index in [2.05, 4.69) is 41.5 Å². The standard InChI is InChI=1S/C34H74O4S3Si2/c1-7-13-17-25-35-33(42-31-11-5,36-26-18-14-8-2)23-21-29-39-41-40-30-22-24-34(43-32-12-6,37-27-19-15-9-3)38-28-20-16-10-4/h7-32,42-43H2,1-6H3. The highest BCUT2D eigenvalue weighted by Crippen LogP contribution is 2.37. The molecule has 9 heteroatoms. The van der Waals surface area contributed by atoms with E-state index in [4.69, 9.17) is 18.9 Å². The van der Waals surface area contributed by atoms with E-state index in [9.17, 15) is 0 Å². The fraction of sp³-hybridized carbons (Fsp3) is 1.00. The molecule has 0 saturated heterocycles. The van der Waals surface area contributed by atoms with Gasteiger partial charge in [0.1, 0.15) is 10.8 Å². The Bertz CT molecular complexity index is 494. The Morgan fingerprint density at radius 1 is 0.419 bits per heavy atom. The minimum atomic E-state index is -0.426. The molecule has 0 heterocycles. The molecule has 0 amide bonds. The molecular weight excluding hydrogens is 625 g/mol. The third-order valence-electron chi connectivity index (χ3n) is 7.94. The summed E-state index contributed by atoms with van der Waals surface area (Å²) in [5.41, 5.74) is -0.480. The number of hydrogen-bond acceptors (Lipinski definition) is 7. The highest BCUT2D eigenvalue weighted by atomic mass is 33.5. The summed E-state index contributed by atoms with van der Waals surface area (Å²) in [6.45, 7) is 17.1. The molecule has 0 rings (SSSR count). The van der Waals surface area contributed by atoms with Crippen molar-refractivity contribution in [2.24, 2.45) is 0 Å². The Morgan fingerprint density at radius 3 is 1.02 bits per heavy atom. The normalized spacial score (nSPS) is 13.0. The van der Waals surface area contributed by atoms with Crippen LogP contribution in [0.2, 0.25) is 12.1 Å². The van der Waals surface area contributed by atoms with Gasteiger partial charge in [-0.2, -0.15) is 0 Å². The summed E-state index contributed by atoms with van der Waals surface area (Å²) in [6, 6.07) is 2.62. The number of rotatable bonds is 36. The zero-order valence-electron chi connectivity index (χ0n) is 29.7. The monoisotopic (exact) mass is 698 g/mol. The molecule has 0 aliphatic heterocycles. The highest BCUT2D eigenvalue weighted by Gasteiger charge is 2.32. The van der Waals surface area contributed by atoms with E-state index in [1.165, 1.54) is 101 Å². The third kappa shape index (κ3) is 26.0. The van der Waals surface area contributed by atoms with Crippen molar-refractivity contribution in [3.8, 4) is 0 Å². The van der Waals surface area contributed by atoms with Crippen molar-refractivity contribution < 1.29 is 18.9 Å². The Morgan fingerprint density at radius 2 is 0.744 bits per heavy atom. The first kappa shape index (κ1) is 44.3. The van der Waals surface area contributed by atoms with Crippen molar-refractivity contribution in [1.29, 1.82) is 0 Å². The summed E-state index contributed by atoms with van der Waals surface area (Å²) in [5, 5.41) is 0. The highest BCUT2D eigenvalue weighted by molar-refractivity contribution is 9.09. The molecule has 0 spiro atoms. The van der Waals surface area contributed by atoms with Crippen LogP contribution in [0.4, 0.5) is 0 Å². The molecule has 0 atom stereocenters. The molecule has 0 saturated carbocycles. The predicted octanol–water partition coefficient (Wildman–Crippen LogP) is 10.7. The summed E-state index contributed by atoms with van der Waals surface area (Å²) in [4.78, 5) is 0. The van der Waals surface area contributed by atoms with Crippen LogP contribution in [0.5, 0.6) is 0 Å². The minimum absolute atomic E-state index is 0.240. The predicted molar refractivity (Wildman–Crippen MR) is 206 cm³/mol. The van der Waals surface area contributed by atoms with E-state index < -0.39 is 19.0 Å². The van der Waals surface area contributed by atoms with E-state index in [0.717, 1.165) is 65.0 Å². The second-order valence-corrected chi connectivity index (χ2v) is 21.2. The molecular formula is C34H74O4S3Si2. The maximum absolute atomic E-state index is 6.61. The Balaban J connectivity index is 4.70. The molecule has 0 radical (unpaired) electrons. The Kier molecular flexibility index (Phi) is 34.3. The van der Waals surface area contributed by atoms with Gasteiger partial charge in [-0.3, -0.25) is 0 Å². The molecule has 0 aromatic carbocycles. The third-order valence-corrected chi connectivity index (χ3v) is 17.5. The molecule has 4 nitrogen and oxygen atoms in total. The van der Waals surface area contributed by atoms with Crippen molar-refractivity contribution in [3.63, 3.8) is 0 Å². The van der Waals surface area contributed by atoms with Gasteiger partial charge in [0.2, 0.25) is 0 Å². The maximum Gasteiger partial charge on any atom is 0.145 e. The molecule has 0 N–H and O–H groups in total. The van der Waals surface area contributed by atoms with Crippen LogP contribution in [-0.4, -0.2) is 67.8 Å². The molecule has 0 aromatic rings. The van der Waals surface area contributed by atoms with Crippen molar-refractivity contribution in [3.05, 3.63) is 0 Å². The SMILES string of the molecule is CCCCCOC(CCCSSSCCCC(OCCCCC)(OCCCCC)[SiH2]CCC)(OCCCCC)[SiH2]CCC. The van der Waals surface area contributed by atoms with Crippen molar-refractivity contribution in [2.45, 2.75) is 180 Å². The number of ether oxygens (including phenoxy) is 4. The largest absolute Gasteiger partial charge is 0.354 e. The van der Waals surface area contributed by atoms with Crippen LogP contribution in [0.15, 0.2) is 0 Å². The summed E-state index contributed by atoms with van der Waals surface area (Å²) in [6.07, 6.45) is 21.6. The van der Waals surface area contributed by atoms with Crippen LogP contribution < -0.4 is 0 Å². The van der Waals surface area contributed by atoms with E-state index in [0.29, 0.717) is 0 Å². The van der Waals surface area contributed by atoms with Gasteiger partial charge in [-0.1, -0.05) is 139 Å². The smallest absolute Gasteiger partial charge is 0.145 e. The van der Waals surface area contributed by atoms with Crippen molar-refractivity contribution >= 4 is 50.5 Å². The summed E-state index contributed by atoms with van der Waals surface area (Å²) in [7, 11) is 5.17. The van der Waals surface area contributed by atoms with Gasteiger partial charge in [0.05, 0.1) is 19.0 Å². The lowest BCUT2D eigenvalue weighted by molar-refractivity contribution is -0.186. The molecule has 0 aliphatic carbocycles. The van der Waals surface area contributed by atoms with Crippen LogP contribution in [0.1, 0.15) is 157 Å². The molecule has 43 heavy (non-hydrogen) atoms. The fourth-order valence-corrected chi connectivity index (χ4v) is 13.0. The quantitative estimate of drug-likeness (QED) is 0.0279. The first-order chi connectivity index (χ1) is 21.1. The molecule has 0 fully saturated rings. The second kappa shape index (κ2) is 33.2. The van der Waals surface area contributed by atoms with Gasteiger partial charge < -0.3 is 18.9 Å². The summed E-state index contributed by atoms with van der Waals surface area (Å²) >= 11 is 0. The lowest BCUT2D eigenvalue weighted by Crippen LogP contribution is -2.43. The van der Waals surface area contributed by atoms with E-state index in [1.54, 1.807) is 0 Å². The average Bonchev–Trinajstić information content (AvgIpc) is 3.02. The Labute approximate surface area is 286 Å². The van der Waals surface area contributed by atoms with Crippen LogP contribution in [0.3, 0.4) is 0 Å². The first-order valence-electron chi connectivity index (χ1n) is 18.5. The second-order valence-electron chi connectivity index (χ2n) is 12.2. The lowest BCUT2D eigenvalue weighted by Gasteiger charge is -2.34. The minimum Gasteiger partial charge on any atom is -0.354 e. The maximum atomic E-state index is 6.61. The van der Waals surface area contributed by atoms with E-state index in [-0.39, 0.29) is 10.8 Å². The molecule has 0 unspecified atom stereocenters. The average molecular weight is 699 g/mol. The molecule has 260 valence electrons. The van der Waals surface area contributed by atoms with Gasteiger partial charge >= 0.3 is 0 Å². The zero-order chi connectivity index (χ0) is 31.7. The number of unbranched alkanes of at least 4 members (excludes halogenated alkanes) is 8. The van der Waals surface area contributed by atoms with Crippen molar-refractivity contribution in [2.75, 3.05) is 37.9 Å². The molecule has 0 aliphatic rings. The van der Waals surface area contributed by atoms with Crippen LogP contribution in [0.25, 0.3) is 0 Å². The number of hydrogen-bond donors (Lipinski definition) is 0. The summed E-state index contributed by atoms with van der Waals surface area (Å²) in [5.74, 6) is 2.34. The van der Waals surface area contributed by atoms with Gasteiger partial charge in [-0.05, 0) is 61.2 Å². The Hall–Kier alpha value is 1.32. The summed E-state index contributed by atoms with van der Waals surface area (Å²) < 4.78 is 26.5. The molecule has 0 bridgehead atoms. The first-order valence-corrected chi connectivity index (χ1v) is 25.8. The van der Waals surface area contributed by atoms with Crippen molar-refractivity contribution in [1.82, 2.24) is 0 Å². The van der Waals surface area contributed by atoms with E-state index in [1.807, 2.05) is 31.4 Å². The van der Waals surface area contributed by atoms with E-state index >= 15 is 0 Å². The van der Waals surface area contributed by atoms with Gasteiger partial charge in [0.15, 0.2) is 0 Å². The zero-order valence-corrected chi connectivity index (χ0v) is 34.9. The topological polar surface area (TPSA) is 36.9 Å². The van der Waals surface area contributed by atoms with Crippen LogP contribution >= 0.6 is 31.4 Å². The van der Waals surface area contributed by atoms with Gasteiger partial charge in [-0.25, -0.2) is 0 Å². The van der Waals surface area contributed by atoms with Gasteiger partial charge in [-0.15, -0.1) is 0 Å². The van der Waals surface area contributed by atoms with Crippen LogP contribution in [-0.2, 0) is 18.9 Å². The lowest BCUT2D eigenvalue weighted by atomic mass is 10.2.